The molecular weight excluding hydrogens is 360 g/mol. The Morgan fingerprint density at radius 3 is 2.29 bits per heavy atom. The minimum atomic E-state index is -0.522. The number of carbonyl (C=O) groups excluding carboxylic acids is 2. The van der Waals surface area contributed by atoms with E-state index in [9.17, 15) is 9.59 Å². The smallest absolute Gasteiger partial charge is 0.410 e. The minimum absolute atomic E-state index is 0.0864. The zero-order valence-electron chi connectivity index (χ0n) is 17.4. The van der Waals surface area contributed by atoms with Crippen molar-refractivity contribution in [2.75, 3.05) is 39.9 Å². The predicted octanol–water partition coefficient (Wildman–Crippen LogP) is 3.19. The van der Waals surface area contributed by atoms with Crippen molar-refractivity contribution < 1.29 is 23.8 Å². The second-order valence-electron chi connectivity index (χ2n) is 7.47. The van der Waals surface area contributed by atoms with E-state index in [2.05, 4.69) is 0 Å². The second-order valence-corrected chi connectivity index (χ2v) is 7.47. The van der Waals surface area contributed by atoms with Gasteiger partial charge in [0.25, 0.3) is 0 Å². The van der Waals surface area contributed by atoms with Crippen LogP contribution in [0.4, 0.5) is 4.79 Å². The Morgan fingerprint density at radius 1 is 1.07 bits per heavy atom. The molecule has 0 saturated carbocycles. The van der Waals surface area contributed by atoms with Gasteiger partial charge in [-0.05, 0) is 51.5 Å². The lowest BCUT2D eigenvalue weighted by molar-refractivity contribution is -0.127. The molecule has 0 atom stereocenters. The maximum atomic E-state index is 12.4. The van der Waals surface area contributed by atoms with Gasteiger partial charge in [0.1, 0.15) is 5.60 Å². The molecule has 28 heavy (non-hydrogen) atoms. The van der Waals surface area contributed by atoms with Crippen molar-refractivity contribution in [2.45, 2.75) is 33.3 Å². The zero-order chi connectivity index (χ0) is 20.7. The van der Waals surface area contributed by atoms with E-state index in [1.54, 1.807) is 23.0 Å². The third-order valence-corrected chi connectivity index (χ3v) is 4.15. The van der Waals surface area contributed by atoms with Gasteiger partial charge in [0.2, 0.25) is 5.91 Å². The number of methoxy groups -OCH3 is 1. The summed E-state index contributed by atoms with van der Waals surface area (Å²) in [7, 11) is 1.58. The molecule has 0 spiro atoms. The summed E-state index contributed by atoms with van der Waals surface area (Å²) >= 11 is 0. The van der Waals surface area contributed by atoms with Crippen molar-refractivity contribution in [1.82, 2.24) is 9.80 Å². The zero-order valence-corrected chi connectivity index (χ0v) is 17.4. The number of hydrogen-bond acceptors (Lipinski definition) is 5. The van der Waals surface area contributed by atoms with Crippen LogP contribution >= 0.6 is 0 Å². The molecule has 7 nitrogen and oxygen atoms in total. The van der Waals surface area contributed by atoms with Gasteiger partial charge in [-0.2, -0.15) is 0 Å². The molecule has 0 aromatic heterocycles. The average Bonchev–Trinajstić information content (AvgIpc) is 2.66. The van der Waals surface area contributed by atoms with Crippen molar-refractivity contribution in [2.24, 2.45) is 0 Å². The molecule has 2 amide bonds. The molecule has 0 radical (unpaired) electrons. The van der Waals surface area contributed by atoms with Crippen molar-refractivity contribution in [3.63, 3.8) is 0 Å². The van der Waals surface area contributed by atoms with Crippen LogP contribution in [0.1, 0.15) is 33.3 Å². The number of piperazine rings is 1. The molecule has 1 heterocycles. The predicted molar refractivity (Wildman–Crippen MR) is 108 cm³/mol. The number of carbonyl (C=O) groups is 2. The van der Waals surface area contributed by atoms with Gasteiger partial charge in [0.05, 0.1) is 13.7 Å². The third-order valence-electron chi connectivity index (χ3n) is 4.15. The van der Waals surface area contributed by atoms with Crippen LogP contribution in [0, 0.1) is 0 Å². The minimum Gasteiger partial charge on any atom is -0.493 e. The van der Waals surface area contributed by atoms with Crippen molar-refractivity contribution >= 4 is 18.1 Å². The Hall–Kier alpha value is -2.70. The van der Waals surface area contributed by atoms with Gasteiger partial charge in [0, 0.05) is 32.3 Å². The van der Waals surface area contributed by atoms with E-state index in [-0.39, 0.29) is 12.0 Å². The monoisotopic (exact) mass is 390 g/mol. The molecule has 1 aliphatic rings. The summed E-state index contributed by atoms with van der Waals surface area (Å²) in [5.74, 6) is 1.21. The molecule has 1 saturated heterocycles. The second kappa shape index (κ2) is 9.48. The molecule has 154 valence electrons. The van der Waals surface area contributed by atoms with E-state index in [1.807, 2.05) is 45.9 Å². The molecule has 0 N–H and O–H groups in total. The Balaban J connectivity index is 1.91. The molecule has 1 aliphatic heterocycles. The van der Waals surface area contributed by atoms with Gasteiger partial charge in [-0.1, -0.05) is 6.07 Å². The van der Waals surface area contributed by atoms with E-state index in [1.165, 1.54) is 6.08 Å². The lowest BCUT2D eigenvalue weighted by Gasteiger charge is -2.35. The fourth-order valence-electron chi connectivity index (χ4n) is 2.77. The Morgan fingerprint density at radius 2 is 1.71 bits per heavy atom. The van der Waals surface area contributed by atoms with Gasteiger partial charge in [-0.3, -0.25) is 4.79 Å². The highest BCUT2D eigenvalue weighted by molar-refractivity contribution is 5.92. The average molecular weight is 390 g/mol. The molecular formula is C21H30N2O5. The summed E-state index contributed by atoms with van der Waals surface area (Å²) in [6.45, 7) is 9.87. The molecule has 1 fully saturated rings. The Labute approximate surface area is 166 Å². The first kappa shape index (κ1) is 21.6. The van der Waals surface area contributed by atoms with Gasteiger partial charge in [0.15, 0.2) is 11.5 Å². The molecule has 2 rings (SSSR count). The molecule has 0 bridgehead atoms. The Bertz CT molecular complexity index is 716. The van der Waals surface area contributed by atoms with Crippen molar-refractivity contribution in [3.05, 3.63) is 29.8 Å². The van der Waals surface area contributed by atoms with Crippen molar-refractivity contribution in [1.29, 1.82) is 0 Å². The summed E-state index contributed by atoms with van der Waals surface area (Å²) in [6.07, 6.45) is 2.95. The van der Waals surface area contributed by atoms with E-state index in [0.717, 1.165) is 5.56 Å². The highest BCUT2D eigenvalue weighted by Crippen LogP contribution is 2.28. The summed E-state index contributed by atoms with van der Waals surface area (Å²) in [4.78, 5) is 27.9. The fraction of sp³-hybridized carbons (Fsp3) is 0.524. The van der Waals surface area contributed by atoms with E-state index in [0.29, 0.717) is 44.3 Å². The summed E-state index contributed by atoms with van der Waals surface area (Å²) in [6, 6.07) is 5.53. The van der Waals surface area contributed by atoms with Crippen LogP contribution in [0.2, 0.25) is 0 Å². The van der Waals surface area contributed by atoms with Crippen LogP contribution in [0.5, 0.6) is 11.5 Å². The van der Waals surface area contributed by atoms with Crippen LogP contribution in [-0.4, -0.2) is 67.3 Å². The maximum absolute atomic E-state index is 12.4. The summed E-state index contributed by atoms with van der Waals surface area (Å²) in [5.41, 5.74) is 0.326. The quantitative estimate of drug-likeness (QED) is 0.723. The standard InChI is InChI=1S/C21H30N2O5/c1-6-27-17-9-7-16(15-18(17)26-5)8-10-19(24)22-11-13-23(14-12-22)20(25)28-21(2,3)4/h7-10,15H,6,11-14H2,1-5H3/b10-8+. The topological polar surface area (TPSA) is 68.3 Å². The number of amides is 2. The van der Waals surface area contributed by atoms with Crippen LogP contribution < -0.4 is 9.47 Å². The van der Waals surface area contributed by atoms with Gasteiger partial charge >= 0.3 is 6.09 Å². The normalized spacial score (nSPS) is 14.9. The molecule has 0 unspecified atom stereocenters. The largest absolute Gasteiger partial charge is 0.493 e. The van der Waals surface area contributed by atoms with Crippen LogP contribution in [0.3, 0.4) is 0 Å². The van der Waals surface area contributed by atoms with Gasteiger partial charge in [-0.15, -0.1) is 0 Å². The number of ether oxygens (including phenoxy) is 3. The number of rotatable bonds is 5. The first-order valence-corrected chi connectivity index (χ1v) is 9.49. The highest BCUT2D eigenvalue weighted by atomic mass is 16.6. The molecule has 0 aliphatic carbocycles. The summed E-state index contributed by atoms with van der Waals surface area (Å²) in [5, 5.41) is 0. The van der Waals surface area contributed by atoms with Crippen LogP contribution in [0.25, 0.3) is 6.08 Å². The van der Waals surface area contributed by atoms with Crippen molar-refractivity contribution in [3.8, 4) is 11.5 Å². The van der Waals surface area contributed by atoms with Crippen LogP contribution in [0.15, 0.2) is 24.3 Å². The molecule has 7 heteroatoms. The third kappa shape index (κ3) is 6.18. The van der Waals surface area contributed by atoms with E-state index < -0.39 is 5.60 Å². The number of nitrogens with zero attached hydrogens (tertiary/aromatic N) is 2. The van der Waals surface area contributed by atoms with Gasteiger partial charge < -0.3 is 24.0 Å². The van der Waals surface area contributed by atoms with E-state index >= 15 is 0 Å². The first-order valence-electron chi connectivity index (χ1n) is 9.49. The van der Waals surface area contributed by atoms with E-state index in [4.69, 9.17) is 14.2 Å². The number of hydrogen-bond donors (Lipinski definition) is 0. The lowest BCUT2D eigenvalue weighted by atomic mass is 10.2. The lowest BCUT2D eigenvalue weighted by Crippen LogP contribution is -2.51. The van der Waals surface area contributed by atoms with Crippen LogP contribution in [-0.2, 0) is 9.53 Å². The molecule has 1 aromatic rings. The fourth-order valence-corrected chi connectivity index (χ4v) is 2.77. The number of benzene rings is 1. The highest BCUT2D eigenvalue weighted by Gasteiger charge is 2.26. The molecule has 1 aromatic carbocycles. The van der Waals surface area contributed by atoms with Gasteiger partial charge in [-0.25, -0.2) is 4.79 Å². The maximum Gasteiger partial charge on any atom is 0.410 e. The Kier molecular flexibility index (Phi) is 7.31. The SMILES string of the molecule is CCOc1ccc(/C=C/C(=O)N2CCN(C(=O)OC(C)(C)C)CC2)cc1OC. The summed E-state index contributed by atoms with van der Waals surface area (Å²) < 4.78 is 16.2. The first-order chi connectivity index (χ1) is 13.2.